The summed E-state index contributed by atoms with van der Waals surface area (Å²) in [6, 6.07) is 0. The van der Waals surface area contributed by atoms with Crippen LogP contribution in [-0.2, 0) is 9.59 Å². The van der Waals surface area contributed by atoms with E-state index < -0.39 is 0 Å². The lowest BCUT2D eigenvalue weighted by Crippen LogP contribution is -2.10. The van der Waals surface area contributed by atoms with Gasteiger partial charge in [0, 0.05) is 19.3 Å². The maximum absolute atomic E-state index is 11.1. The average Bonchev–Trinajstić information content (AvgIpc) is 2.52. The summed E-state index contributed by atoms with van der Waals surface area (Å²) in [7, 11) is 0. The smallest absolute Gasteiger partial charge is 0.133 e. The molecule has 2 heteroatoms. The lowest BCUT2D eigenvalue weighted by atomic mass is 9.89. The molecule has 0 N–H and O–H groups in total. The summed E-state index contributed by atoms with van der Waals surface area (Å²) in [5, 5.41) is 0. The largest absolute Gasteiger partial charge is 0.303 e. The molecule has 0 aliphatic heterocycles. The quantitative estimate of drug-likeness (QED) is 0.456. The van der Waals surface area contributed by atoms with Gasteiger partial charge in [0.1, 0.15) is 12.1 Å². The molecule has 0 saturated heterocycles. The molecule has 1 saturated carbocycles. The average molecular weight is 164 g/mol. The van der Waals surface area contributed by atoms with E-state index in [1.165, 1.54) is 0 Å². The number of rotatable bonds is 2. The number of aldehydes is 1. The Bertz CT molecular complexity index is 242. The van der Waals surface area contributed by atoms with Crippen molar-refractivity contribution < 1.29 is 9.59 Å². The topological polar surface area (TPSA) is 34.1 Å². The predicted molar refractivity (Wildman–Crippen MR) is 44.5 cm³/mol. The Kier molecular flexibility index (Phi) is 1.83. The Balaban J connectivity index is 2.08. The molecule has 0 radical (unpaired) electrons. The van der Waals surface area contributed by atoms with E-state index in [9.17, 15) is 9.59 Å². The minimum absolute atomic E-state index is 0.346. The van der Waals surface area contributed by atoms with Crippen molar-refractivity contribution in [2.45, 2.75) is 19.3 Å². The van der Waals surface area contributed by atoms with Crippen molar-refractivity contribution in [1.82, 2.24) is 0 Å². The van der Waals surface area contributed by atoms with Crippen molar-refractivity contribution in [1.29, 1.82) is 0 Å². The third kappa shape index (κ3) is 1.11. The summed E-state index contributed by atoms with van der Waals surface area (Å²) in [5.74, 6) is 1.61. The van der Waals surface area contributed by atoms with Gasteiger partial charge in [-0.05, 0) is 17.8 Å². The third-order valence-corrected chi connectivity index (χ3v) is 3.00. The van der Waals surface area contributed by atoms with E-state index in [-0.39, 0.29) is 0 Å². The van der Waals surface area contributed by atoms with Crippen LogP contribution < -0.4 is 0 Å². The lowest BCUT2D eigenvalue weighted by Gasteiger charge is -2.14. The van der Waals surface area contributed by atoms with Gasteiger partial charge in [-0.25, -0.2) is 0 Å². The molecule has 2 nitrogen and oxygen atoms in total. The molecule has 64 valence electrons. The fourth-order valence-electron chi connectivity index (χ4n) is 2.38. The molecule has 0 heterocycles. The molecule has 12 heavy (non-hydrogen) atoms. The maximum atomic E-state index is 11.1. The first-order valence-corrected chi connectivity index (χ1v) is 4.45. The summed E-state index contributed by atoms with van der Waals surface area (Å²) in [4.78, 5) is 21.4. The lowest BCUT2D eigenvalue weighted by molar-refractivity contribution is -0.118. The van der Waals surface area contributed by atoms with E-state index in [1.807, 2.05) is 0 Å². The number of hydrogen-bond acceptors (Lipinski definition) is 2. The van der Waals surface area contributed by atoms with E-state index >= 15 is 0 Å². The van der Waals surface area contributed by atoms with Gasteiger partial charge in [0.2, 0.25) is 0 Å². The Morgan fingerprint density at radius 2 is 2.25 bits per heavy atom. The van der Waals surface area contributed by atoms with Crippen LogP contribution in [0, 0.1) is 17.8 Å². The second kappa shape index (κ2) is 2.85. The number of carbonyl (C=O) groups is 2. The van der Waals surface area contributed by atoms with Crippen LogP contribution in [0.5, 0.6) is 0 Å². The van der Waals surface area contributed by atoms with Crippen LogP contribution in [0.2, 0.25) is 0 Å². The van der Waals surface area contributed by atoms with Gasteiger partial charge >= 0.3 is 0 Å². The molecule has 0 unspecified atom stereocenters. The number of hydrogen-bond donors (Lipinski definition) is 0. The molecule has 0 aromatic heterocycles. The zero-order valence-electron chi connectivity index (χ0n) is 6.90. The molecule has 1 fully saturated rings. The number of Topliss-reactive ketones (excluding diaryl/α,β-unsaturated/α-hetero) is 1. The highest BCUT2D eigenvalue weighted by atomic mass is 16.1. The SMILES string of the molecule is O=CC[C@@H]1C=C[C@@H]2CC(=O)C[C@@H]21. The molecule has 2 aliphatic carbocycles. The van der Waals surface area contributed by atoms with E-state index in [4.69, 9.17) is 0 Å². The Morgan fingerprint density at radius 1 is 1.42 bits per heavy atom. The van der Waals surface area contributed by atoms with Gasteiger partial charge in [-0.15, -0.1) is 0 Å². The predicted octanol–water partition coefficient (Wildman–Crippen LogP) is 1.36. The van der Waals surface area contributed by atoms with Crippen molar-refractivity contribution in [2.24, 2.45) is 17.8 Å². The van der Waals surface area contributed by atoms with Gasteiger partial charge < -0.3 is 4.79 Å². The van der Waals surface area contributed by atoms with Crippen LogP contribution in [0.15, 0.2) is 12.2 Å². The van der Waals surface area contributed by atoms with E-state index in [1.54, 1.807) is 0 Å². The van der Waals surface area contributed by atoms with Crippen molar-refractivity contribution in [3.63, 3.8) is 0 Å². The third-order valence-electron chi connectivity index (χ3n) is 3.00. The molecular formula is C10H12O2. The standard InChI is InChI=1S/C10H12O2/c11-4-3-7-1-2-8-5-9(12)6-10(7)8/h1-2,4,7-8,10H,3,5-6H2/t7-,8+,10+/m0/s1. The van der Waals surface area contributed by atoms with E-state index in [2.05, 4.69) is 12.2 Å². The second-order valence-electron chi connectivity index (χ2n) is 3.73. The van der Waals surface area contributed by atoms with Crippen molar-refractivity contribution in [2.75, 3.05) is 0 Å². The van der Waals surface area contributed by atoms with Crippen molar-refractivity contribution >= 4 is 12.1 Å². The molecular weight excluding hydrogens is 152 g/mol. The van der Waals surface area contributed by atoms with Gasteiger partial charge in [0.15, 0.2) is 0 Å². The molecule has 3 atom stereocenters. The molecule has 0 bridgehead atoms. The Labute approximate surface area is 71.6 Å². The fourth-order valence-corrected chi connectivity index (χ4v) is 2.38. The summed E-state index contributed by atoms with van der Waals surface area (Å²) in [5.41, 5.74) is 0. The normalized spacial score (nSPS) is 38.7. The molecule has 0 aromatic carbocycles. The number of ketones is 1. The van der Waals surface area contributed by atoms with Crippen LogP contribution in [0.4, 0.5) is 0 Å². The first-order chi connectivity index (χ1) is 5.81. The number of fused-ring (bicyclic) bond motifs is 1. The fraction of sp³-hybridized carbons (Fsp3) is 0.600. The maximum Gasteiger partial charge on any atom is 0.133 e. The zero-order valence-corrected chi connectivity index (χ0v) is 6.90. The summed E-state index contributed by atoms with van der Waals surface area (Å²) in [6.07, 6.45) is 7.16. The minimum atomic E-state index is 0.346. The van der Waals surface area contributed by atoms with Gasteiger partial charge in [0.25, 0.3) is 0 Å². The molecule has 2 aliphatic rings. The first kappa shape index (κ1) is 7.71. The molecule has 0 spiro atoms. The molecule has 2 rings (SSSR count). The number of carbonyl (C=O) groups excluding carboxylic acids is 2. The molecule has 0 aromatic rings. The van der Waals surface area contributed by atoms with Crippen LogP contribution in [0.25, 0.3) is 0 Å². The monoisotopic (exact) mass is 164 g/mol. The van der Waals surface area contributed by atoms with Crippen LogP contribution in [0.1, 0.15) is 19.3 Å². The van der Waals surface area contributed by atoms with Gasteiger partial charge in [0.05, 0.1) is 0 Å². The van der Waals surface area contributed by atoms with Gasteiger partial charge in [-0.2, -0.15) is 0 Å². The van der Waals surface area contributed by atoms with Gasteiger partial charge in [-0.1, -0.05) is 12.2 Å². The highest BCUT2D eigenvalue weighted by Crippen LogP contribution is 2.42. The van der Waals surface area contributed by atoms with Crippen LogP contribution in [0.3, 0.4) is 0 Å². The number of allylic oxidation sites excluding steroid dienone is 2. The molecule has 0 amide bonds. The van der Waals surface area contributed by atoms with E-state index in [0.29, 0.717) is 42.8 Å². The Hall–Kier alpha value is -0.920. The summed E-state index contributed by atoms with van der Waals surface area (Å²) >= 11 is 0. The van der Waals surface area contributed by atoms with Crippen LogP contribution >= 0.6 is 0 Å². The van der Waals surface area contributed by atoms with E-state index in [0.717, 1.165) is 6.29 Å². The zero-order chi connectivity index (χ0) is 8.55. The summed E-state index contributed by atoms with van der Waals surface area (Å²) < 4.78 is 0. The van der Waals surface area contributed by atoms with Crippen molar-refractivity contribution in [3.8, 4) is 0 Å². The highest BCUT2D eigenvalue weighted by Gasteiger charge is 2.38. The highest BCUT2D eigenvalue weighted by molar-refractivity contribution is 5.82. The second-order valence-corrected chi connectivity index (χ2v) is 3.73. The van der Waals surface area contributed by atoms with Gasteiger partial charge in [-0.3, -0.25) is 4.79 Å². The Morgan fingerprint density at radius 3 is 3.00 bits per heavy atom. The summed E-state index contributed by atoms with van der Waals surface area (Å²) in [6.45, 7) is 0. The van der Waals surface area contributed by atoms with Crippen molar-refractivity contribution in [3.05, 3.63) is 12.2 Å². The first-order valence-electron chi connectivity index (χ1n) is 4.45. The van der Waals surface area contributed by atoms with Crippen LogP contribution in [-0.4, -0.2) is 12.1 Å². The minimum Gasteiger partial charge on any atom is -0.303 e.